The van der Waals surface area contributed by atoms with E-state index in [0.717, 1.165) is 57.8 Å². The van der Waals surface area contributed by atoms with Crippen LogP contribution in [-0.4, -0.2) is 29.4 Å². The molecule has 0 saturated carbocycles. The van der Waals surface area contributed by atoms with Gasteiger partial charge in [-0.15, -0.1) is 0 Å². The van der Waals surface area contributed by atoms with E-state index in [1.165, 1.54) is 57.8 Å². The summed E-state index contributed by atoms with van der Waals surface area (Å²) in [5.41, 5.74) is 0. The maximum absolute atomic E-state index is 11.3. The van der Waals surface area contributed by atoms with E-state index in [4.69, 9.17) is 0 Å². The van der Waals surface area contributed by atoms with Gasteiger partial charge in [0.2, 0.25) is 0 Å². The Kier molecular flexibility index (Phi) is 26.6. The van der Waals surface area contributed by atoms with Gasteiger partial charge in [0.1, 0.15) is 0 Å². The van der Waals surface area contributed by atoms with Gasteiger partial charge in [-0.3, -0.25) is 0 Å². The van der Waals surface area contributed by atoms with Gasteiger partial charge in [-0.1, -0.05) is 117 Å². The molecule has 30 heavy (non-hydrogen) atoms. The number of aliphatic hydroxyl groups excluding tert-OH is 1. The Morgan fingerprint density at radius 1 is 0.600 bits per heavy atom. The van der Waals surface area contributed by atoms with E-state index in [1.54, 1.807) is 0 Å². The van der Waals surface area contributed by atoms with Gasteiger partial charge >= 0.3 is 51.4 Å². The average molecular weight is 473 g/mol. The summed E-state index contributed by atoms with van der Waals surface area (Å²) in [5.74, 6) is 0. The Morgan fingerprint density at radius 2 is 0.933 bits per heavy atom. The Morgan fingerprint density at radius 3 is 1.33 bits per heavy atom. The van der Waals surface area contributed by atoms with Crippen LogP contribution in [0.3, 0.4) is 0 Å². The average Bonchev–Trinajstić information content (AvgIpc) is 2.67. The van der Waals surface area contributed by atoms with E-state index < -0.39 is 15.4 Å². The van der Waals surface area contributed by atoms with Crippen molar-refractivity contribution in [1.29, 1.82) is 0 Å². The zero-order valence-corrected chi connectivity index (χ0v) is 24.3. The number of aliphatic hydroxyl groups is 1. The maximum atomic E-state index is 11.3. The third-order valence-electron chi connectivity index (χ3n) is 5.99. The molecule has 0 amide bonds. The van der Waals surface area contributed by atoms with Gasteiger partial charge < -0.3 is 9.66 Å². The number of unbranched alkanes of at least 4 members (excludes halogenated alkanes) is 13. The summed E-state index contributed by atoms with van der Waals surface area (Å²) in [7, 11) is -4.16. The van der Waals surface area contributed by atoms with Crippen molar-refractivity contribution in [3.63, 3.8) is 0 Å². The van der Waals surface area contributed by atoms with E-state index in [-0.39, 0.29) is 57.5 Å². The standard InChI is InChI=1S/C24H50O4S.K/c1-3-5-7-8-9-10-11-12-13-16-19-23(25)20-17-14-15-18-22-24(21-6-4-2)29(26,27)28;/h23-25H,3-22H2,1-2H3,(H,26,27,28);/q;+1/p-1. The van der Waals surface area contributed by atoms with Crippen molar-refractivity contribution in [1.82, 2.24) is 0 Å². The molecule has 6 heteroatoms. The molecule has 0 aromatic carbocycles. The fourth-order valence-corrected chi connectivity index (χ4v) is 4.89. The normalized spacial score (nSPS) is 13.7. The van der Waals surface area contributed by atoms with Gasteiger partial charge in [-0.05, 0) is 25.7 Å². The number of hydrogen-bond donors (Lipinski definition) is 1. The summed E-state index contributed by atoms with van der Waals surface area (Å²) in [4.78, 5) is 0. The molecule has 2 atom stereocenters. The monoisotopic (exact) mass is 472 g/mol. The Hall–Kier alpha value is 1.51. The van der Waals surface area contributed by atoms with Crippen LogP contribution in [0.15, 0.2) is 0 Å². The number of rotatable bonds is 22. The van der Waals surface area contributed by atoms with Crippen LogP contribution in [-0.2, 0) is 10.1 Å². The second-order valence-corrected chi connectivity index (χ2v) is 10.5. The van der Waals surface area contributed by atoms with Crippen LogP contribution in [0, 0.1) is 0 Å². The van der Waals surface area contributed by atoms with Gasteiger partial charge in [0.05, 0.1) is 16.2 Å². The molecule has 1 N–H and O–H groups in total. The molecule has 0 spiro atoms. The van der Waals surface area contributed by atoms with Crippen LogP contribution in [0.5, 0.6) is 0 Å². The van der Waals surface area contributed by atoms with Gasteiger partial charge in [0, 0.05) is 5.25 Å². The van der Waals surface area contributed by atoms with E-state index in [2.05, 4.69) is 6.92 Å². The van der Waals surface area contributed by atoms with Crippen molar-refractivity contribution < 1.29 is 69.5 Å². The van der Waals surface area contributed by atoms with Crippen molar-refractivity contribution in [3.05, 3.63) is 0 Å². The molecule has 0 rings (SSSR count). The quantitative estimate of drug-likeness (QED) is 0.146. The van der Waals surface area contributed by atoms with E-state index in [9.17, 15) is 18.1 Å². The molecule has 2 unspecified atom stereocenters. The van der Waals surface area contributed by atoms with E-state index in [0.29, 0.717) is 12.8 Å². The molecule has 4 nitrogen and oxygen atoms in total. The molecule has 0 aromatic heterocycles. The van der Waals surface area contributed by atoms with Crippen molar-refractivity contribution in [2.45, 2.75) is 154 Å². The smallest absolute Gasteiger partial charge is 0.748 e. The molecule has 0 fully saturated rings. The number of hydrogen-bond acceptors (Lipinski definition) is 4. The topological polar surface area (TPSA) is 77.4 Å². The summed E-state index contributed by atoms with van der Waals surface area (Å²) < 4.78 is 33.9. The first-order chi connectivity index (χ1) is 13.9. The minimum Gasteiger partial charge on any atom is -0.748 e. The minimum absolute atomic E-state index is 0. The van der Waals surface area contributed by atoms with Crippen molar-refractivity contribution in [3.8, 4) is 0 Å². The van der Waals surface area contributed by atoms with Crippen molar-refractivity contribution in [2.24, 2.45) is 0 Å². The Bertz CT molecular complexity index is 442. The van der Waals surface area contributed by atoms with Crippen LogP contribution >= 0.6 is 0 Å². The molecular weight excluding hydrogens is 423 g/mol. The first-order valence-electron chi connectivity index (χ1n) is 12.5. The minimum atomic E-state index is -4.16. The van der Waals surface area contributed by atoms with Gasteiger partial charge in [-0.25, -0.2) is 8.42 Å². The summed E-state index contributed by atoms with van der Waals surface area (Å²) in [6.07, 6.45) is 21.2. The summed E-state index contributed by atoms with van der Waals surface area (Å²) in [6, 6.07) is 0. The first-order valence-corrected chi connectivity index (χ1v) is 14.0. The van der Waals surface area contributed by atoms with Gasteiger partial charge in [-0.2, -0.15) is 0 Å². The van der Waals surface area contributed by atoms with Crippen LogP contribution in [0.25, 0.3) is 0 Å². The summed E-state index contributed by atoms with van der Waals surface area (Å²) in [6.45, 7) is 4.26. The SMILES string of the molecule is CCCCCCCCCCCCC(O)CCCCCCC(CCCC)S(=O)(=O)[O-].[K+]. The summed E-state index contributed by atoms with van der Waals surface area (Å²) in [5, 5.41) is 9.40. The van der Waals surface area contributed by atoms with Crippen LogP contribution in [0.4, 0.5) is 0 Å². The van der Waals surface area contributed by atoms with E-state index in [1.807, 2.05) is 6.92 Å². The second kappa shape index (κ2) is 23.7. The second-order valence-electron chi connectivity index (χ2n) is 8.87. The molecule has 0 aromatic rings. The Labute approximate surface area is 230 Å². The molecule has 0 heterocycles. The third-order valence-corrected chi connectivity index (χ3v) is 7.28. The van der Waals surface area contributed by atoms with E-state index >= 15 is 0 Å². The molecule has 176 valence electrons. The van der Waals surface area contributed by atoms with Crippen LogP contribution in [0.1, 0.15) is 142 Å². The molecule has 0 bridgehead atoms. The van der Waals surface area contributed by atoms with Gasteiger partial charge in [0.25, 0.3) is 0 Å². The summed E-state index contributed by atoms with van der Waals surface area (Å²) >= 11 is 0. The molecule has 0 aliphatic rings. The molecule has 0 aliphatic carbocycles. The largest absolute Gasteiger partial charge is 1.00 e. The third kappa shape index (κ3) is 22.7. The predicted molar refractivity (Wildman–Crippen MR) is 123 cm³/mol. The Balaban J connectivity index is 0. The van der Waals surface area contributed by atoms with Gasteiger partial charge in [0.15, 0.2) is 0 Å². The predicted octanol–water partition coefficient (Wildman–Crippen LogP) is 4.11. The van der Waals surface area contributed by atoms with Crippen LogP contribution in [0.2, 0.25) is 0 Å². The maximum Gasteiger partial charge on any atom is 1.00 e. The molecule has 0 aliphatic heterocycles. The van der Waals surface area contributed by atoms with Crippen molar-refractivity contribution >= 4 is 10.1 Å². The fraction of sp³-hybridized carbons (Fsp3) is 1.00. The molecule has 0 radical (unpaired) electrons. The zero-order chi connectivity index (χ0) is 21.8. The fourth-order valence-electron chi connectivity index (χ4n) is 3.98. The zero-order valence-electron chi connectivity index (χ0n) is 20.4. The van der Waals surface area contributed by atoms with Crippen molar-refractivity contribution in [2.75, 3.05) is 0 Å². The first kappa shape index (κ1) is 33.7. The van der Waals surface area contributed by atoms with Crippen LogP contribution < -0.4 is 51.4 Å². The molecule has 0 saturated heterocycles. The molecular formula is C24H49KO4S.